The molecule has 3 N–H and O–H groups in total. The van der Waals surface area contributed by atoms with Crippen LogP contribution in [0.15, 0.2) is 54.9 Å². The number of imidazole rings is 1. The number of para-hydroxylation sites is 1. The fraction of sp³-hybridized carbons (Fsp3) is 0.393. The largest absolute Gasteiger partial charge is 0.375 e. The molecule has 0 spiro atoms. The van der Waals surface area contributed by atoms with Gasteiger partial charge in [-0.2, -0.15) is 0 Å². The quantitative estimate of drug-likeness (QED) is 0.437. The molecule has 3 heterocycles. The zero-order valence-electron chi connectivity index (χ0n) is 20.3. The van der Waals surface area contributed by atoms with Gasteiger partial charge in [-0.25, -0.2) is 9.37 Å². The van der Waals surface area contributed by atoms with Crippen molar-refractivity contribution in [3.8, 4) is 0 Å². The number of aromatic amines is 1. The van der Waals surface area contributed by atoms with Gasteiger partial charge >= 0.3 is 0 Å². The Morgan fingerprint density at radius 2 is 1.95 bits per heavy atom. The summed E-state index contributed by atoms with van der Waals surface area (Å²) in [7, 11) is 0. The van der Waals surface area contributed by atoms with Crippen LogP contribution in [0.1, 0.15) is 65.9 Å². The van der Waals surface area contributed by atoms with Crippen LogP contribution in [-0.4, -0.2) is 39.3 Å². The van der Waals surface area contributed by atoms with Gasteiger partial charge in [-0.1, -0.05) is 42.6 Å². The Morgan fingerprint density at radius 1 is 1.11 bits per heavy atom. The lowest BCUT2D eigenvalue weighted by Crippen LogP contribution is -2.50. The van der Waals surface area contributed by atoms with E-state index in [2.05, 4.69) is 32.7 Å². The Hall–Kier alpha value is -3.39. The van der Waals surface area contributed by atoms with E-state index < -0.39 is 5.82 Å². The molecule has 192 valence electrons. The highest BCUT2D eigenvalue weighted by Gasteiger charge is 2.49. The van der Waals surface area contributed by atoms with Crippen molar-refractivity contribution in [2.45, 2.75) is 50.2 Å². The summed E-state index contributed by atoms with van der Waals surface area (Å²) in [6.45, 7) is 0.659. The van der Waals surface area contributed by atoms with Gasteiger partial charge < -0.3 is 20.5 Å². The third kappa shape index (κ3) is 4.37. The van der Waals surface area contributed by atoms with E-state index in [0.717, 1.165) is 49.2 Å². The molecule has 9 heteroatoms. The number of anilines is 1. The van der Waals surface area contributed by atoms with E-state index in [4.69, 9.17) is 11.6 Å². The number of amides is 2. The molecule has 3 aromatic rings. The number of carbonyl (C=O) groups excluding carboxylic acids is 2. The van der Waals surface area contributed by atoms with E-state index >= 15 is 0 Å². The molecular formula is C28H29ClFN5O2. The SMILES string of the molecule is O=C(N[C@@H]1CCCC[C@@H]1C(=O)N1CC[C@H]2[C@H](c3ncc[nH]3)Nc3ccccc3[C@@H]21)c1ccc(F)c(Cl)c1. The standard InChI is InChI=1S/C28H29ClFN5O2/c29-20-15-16(9-10-21(20)30)27(36)34-23-8-4-2-6-18(23)28(37)35-14-11-19-24(26-31-12-13-32-26)33-22-7-3-1-5-17(22)25(19)35/h1,3,5,7,9-10,12-13,15,18-19,23-25,33H,2,4,6,8,11,14H2,(H,31,32)(H,34,36)/t18-,19-,23+,24+,25-/m0/s1. The highest BCUT2D eigenvalue weighted by molar-refractivity contribution is 6.31. The first-order chi connectivity index (χ1) is 18.0. The molecule has 0 bridgehead atoms. The Kier molecular flexibility index (Phi) is 6.36. The minimum absolute atomic E-state index is 0.0159. The number of fused-ring (bicyclic) bond motifs is 3. The minimum atomic E-state index is -0.567. The van der Waals surface area contributed by atoms with E-state index in [-0.39, 0.29) is 52.4 Å². The molecule has 3 aliphatic rings. The maximum absolute atomic E-state index is 14.1. The van der Waals surface area contributed by atoms with E-state index in [1.54, 1.807) is 6.20 Å². The van der Waals surface area contributed by atoms with Gasteiger partial charge in [0.15, 0.2) is 0 Å². The molecule has 5 atom stereocenters. The van der Waals surface area contributed by atoms with Gasteiger partial charge in [0.2, 0.25) is 5.91 Å². The smallest absolute Gasteiger partial charge is 0.251 e. The monoisotopic (exact) mass is 521 g/mol. The number of halogens is 2. The van der Waals surface area contributed by atoms with Crippen molar-refractivity contribution in [1.29, 1.82) is 0 Å². The minimum Gasteiger partial charge on any atom is -0.375 e. The van der Waals surface area contributed by atoms with Gasteiger partial charge in [0.25, 0.3) is 5.91 Å². The third-order valence-corrected chi connectivity index (χ3v) is 8.43. The summed E-state index contributed by atoms with van der Waals surface area (Å²) >= 11 is 5.89. The second-order valence-corrected chi connectivity index (χ2v) is 10.6. The topological polar surface area (TPSA) is 90.1 Å². The maximum Gasteiger partial charge on any atom is 0.251 e. The van der Waals surface area contributed by atoms with Crippen molar-refractivity contribution in [2.75, 3.05) is 11.9 Å². The van der Waals surface area contributed by atoms with E-state index in [1.165, 1.54) is 18.2 Å². The summed E-state index contributed by atoms with van der Waals surface area (Å²) in [4.78, 5) is 36.9. The molecule has 0 unspecified atom stereocenters. The van der Waals surface area contributed by atoms with Gasteiger partial charge in [0.1, 0.15) is 11.6 Å². The molecule has 2 amide bonds. The van der Waals surface area contributed by atoms with Crippen LogP contribution < -0.4 is 10.6 Å². The van der Waals surface area contributed by atoms with Crippen molar-refractivity contribution in [3.05, 3.63) is 82.6 Å². The first-order valence-corrected chi connectivity index (χ1v) is 13.3. The molecule has 2 aromatic carbocycles. The van der Waals surface area contributed by atoms with Gasteiger partial charge in [-0.3, -0.25) is 9.59 Å². The lowest BCUT2D eigenvalue weighted by Gasteiger charge is -2.41. The number of nitrogens with one attached hydrogen (secondary N) is 3. The molecule has 7 nitrogen and oxygen atoms in total. The Morgan fingerprint density at radius 3 is 2.76 bits per heavy atom. The number of rotatable bonds is 4. The second kappa shape index (κ2) is 9.82. The number of carbonyl (C=O) groups is 2. The van der Waals surface area contributed by atoms with E-state index in [9.17, 15) is 14.0 Å². The molecule has 2 fully saturated rings. The van der Waals surface area contributed by atoms with Crippen LogP contribution in [0.25, 0.3) is 0 Å². The first kappa shape index (κ1) is 24.0. The van der Waals surface area contributed by atoms with Gasteiger partial charge in [-0.15, -0.1) is 0 Å². The summed E-state index contributed by atoms with van der Waals surface area (Å²) < 4.78 is 13.6. The molecular weight excluding hydrogens is 493 g/mol. The summed E-state index contributed by atoms with van der Waals surface area (Å²) in [5.74, 6) is -0.0674. The lowest BCUT2D eigenvalue weighted by atomic mass is 9.80. The predicted octanol–water partition coefficient (Wildman–Crippen LogP) is 5.25. The Labute approximate surface area is 219 Å². The molecule has 1 aliphatic carbocycles. The van der Waals surface area contributed by atoms with Crippen LogP contribution in [0, 0.1) is 17.7 Å². The summed E-state index contributed by atoms with van der Waals surface area (Å²) in [5.41, 5.74) is 2.43. The Bertz CT molecular complexity index is 1320. The molecule has 1 saturated carbocycles. The maximum atomic E-state index is 14.1. The van der Waals surface area contributed by atoms with E-state index in [1.807, 2.05) is 23.2 Å². The van der Waals surface area contributed by atoms with Crippen LogP contribution in [-0.2, 0) is 4.79 Å². The van der Waals surface area contributed by atoms with Crippen LogP contribution >= 0.6 is 11.6 Å². The fourth-order valence-corrected chi connectivity index (χ4v) is 6.57. The van der Waals surface area contributed by atoms with Gasteiger partial charge in [0.05, 0.1) is 23.0 Å². The van der Waals surface area contributed by atoms with Crippen molar-refractivity contribution in [1.82, 2.24) is 20.2 Å². The summed E-state index contributed by atoms with van der Waals surface area (Å²) in [6.07, 6.45) is 7.79. The highest BCUT2D eigenvalue weighted by atomic mass is 35.5. The molecule has 6 rings (SSSR count). The highest BCUT2D eigenvalue weighted by Crippen LogP contribution is 2.51. The third-order valence-electron chi connectivity index (χ3n) is 8.14. The number of H-pyrrole nitrogens is 1. The fourth-order valence-electron chi connectivity index (χ4n) is 6.39. The van der Waals surface area contributed by atoms with Crippen LogP contribution in [0.2, 0.25) is 5.02 Å². The van der Waals surface area contributed by atoms with Crippen LogP contribution in [0.5, 0.6) is 0 Å². The predicted molar refractivity (Wildman–Crippen MR) is 139 cm³/mol. The number of nitrogens with zero attached hydrogens (tertiary/aromatic N) is 2. The first-order valence-electron chi connectivity index (χ1n) is 12.9. The zero-order valence-corrected chi connectivity index (χ0v) is 21.0. The molecule has 2 aliphatic heterocycles. The van der Waals surface area contributed by atoms with Crippen molar-refractivity contribution in [3.63, 3.8) is 0 Å². The summed E-state index contributed by atoms with van der Waals surface area (Å²) in [5, 5.41) is 6.61. The van der Waals surface area contributed by atoms with Gasteiger partial charge in [-0.05, 0) is 49.1 Å². The number of hydrogen-bond donors (Lipinski definition) is 3. The molecule has 37 heavy (non-hydrogen) atoms. The average molecular weight is 522 g/mol. The van der Waals surface area contributed by atoms with E-state index in [0.29, 0.717) is 6.54 Å². The lowest BCUT2D eigenvalue weighted by molar-refractivity contribution is -0.138. The molecule has 1 saturated heterocycles. The average Bonchev–Trinajstić information content (AvgIpc) is 3.61. The number of aromatic nitrogens is 2. The number of benzene rings is 2. The molecule has 0 radical (unpaired) electrons. The van der Waals surface area contributed by atoms with Gasteiger partial charge in [0, 0.05) is 42.1 Å². The van der Waals surface area contributed by atoms with Crippen LogP contribution in [0.4, 0.5) is 10.1 Å². The Balaban J connectivity index is 1.26. The normalized spacial score (nSPS) is 26.6. The van der Waals surface area contributed by atoms with Crippen LogP contribution in [0.3, 0.4) is 0 Å². The zero-order chi connectivity index (χ0) is 25.5. The second-order valence-electron chi connectivity index (χ2n) is 10.2. The number of hydrogen-bond acceptors (Lipinski definition) is 4. The number of likely N-dealkylation sites (tertiary alicyclic amines) is 1. The summed E-state index contributed by atoms with van der Waals surface area (Å²) in [6, 6.07) is 11.8. The molecule has 1 aromatic heterocycles. The van der Waals surface area contributed by atoms with Crippen molar-refractivity contribution >= 4 is 29.1 Å². The van der Waals surface area contributed by atoms with Crippen molar-refractivity contribution in [2.24, 2.45) is 11.8 Å². The van der Waals surface area contributed by atoms with Crippen molar-refractivity contribution < 1.29 is 14.0 Å².